The molecule has 13 N–H and O–H groups in total. The summed E-state index contributed by atoms with van der Waals surface area (Å²) in [6, 6.07) is -1.14. The van der Waals surface area contributed by atoms with E-state index in [4.69, 9.17) is 24.7 Å². The van der Waals surface area contributed by atoms with Gasteiger partial charge >= 0.3 is 11.9 Å². The maximum absolute atomic E-state index is 12.6. The largest absolute Gasteiger partial charge is 0.481 e. The van der Waals surface area contributed by atoms with E-state index < -0.39 is 147 Å². The lowest BCUT2D eigenvalue weighted by atomic mass is 9.83. The lowest BCUT2D eigenvalue weighted by molar-refractivity contribution is -0.280. The predicted molar refractivity (Wildman–Crippen MR) is 237 cm³/mol. The highest BCUT2D eigenvalue weighted by Crippen LogP contribution is 2.34. The molecule has 20 atom stereocenters. The molecule has 0 aromatic rings. The lowest BCUT2D eigenvalue weighted by Gasteiger charge is -2.43. The first-order chi connectivity index (χ1) is 30.7. The Morgan fingerprint density at radius 2 is 1.15 bits per heavy atom. The summed E-state index contributed by atoms with van der Waals surface area (Å²) in [5.74, 6) is -4.42. The van der Waals surface area contributed by atoms with Crippen LogP contribution >= 0.6 is 0 Å². The number of ether oxygens (including phenoxy) is 4. The molecule has 1 unspecified atom stereocenters. The van der Waals surface area contributed by atoms with Gasteiger partial charge < -0.3 is 80.9 Å². The number of aliphatic hydroxyl groups excluding tert-OH is 10. The van der Waals surface area contributed by atoms with Gasteiger partial charge in [0.1, 0.15) is 24.2 Å². The summed E-state index contributed by atoms with van der Waals surface area (Å²) in [5.41, 5.74) is 6.02. The molecule has 65 heavy (non-hydrogen) atoms. The normalized spacial score (nSPS) is 45.5. The van der Waals surface area contributed by atoms with E-state index in [0.29, 0.717) is 0 Å². The van der Waals surface area contributed by atoms with Crippen molar-refractivity contribution in [2.75, 3.05) is 0 Å². The van der Waals surface area contributed by atoms with E-state index >= 15 is 0 Å². The number of aliphatic hydroxyl groups is 10. The molecule has 0 amide bonds. The Hall–Kier alpha value is -3.44. The van der Waals surface area contributed by atoms with Gasteiger partial charge in [-0.2, -0.15) is 0 Å². The van der Waals surface area contributed by atoms with E-state index in [1.807, 2.05) is 25.2 Å². The van der Waals surface area contributed by atoms with Crippen LogP contribution in [0.4, 0.5) is 0 Å². The number of carbonyl (C=O) groups excluding carboxylic acids is 1. The summed E-state index contributed by atoms with van der Waals surface area (Å²) in [5, 5.41) is 118. The van der Waals surface area contributed by atoms with Crippen molar-refractivity contribution in [3.8, 4) is 0 Å². The van der Waals surface area contributed by atoms with Crippen molar-refractivity contribution >= 4 is 11.9 Å². The van der Waals surface area contributed by atoms with Gasteiger partial charge in [-0.3, -0.25) is 9.59 Å². The van der Waals surface area contributed by atoms with Crippen molar-refractivity contribution in [2.45, 2.75) is 177 Å². The third kappa shape index (κ3) is 18.3. The summed E-state index contributed by atoms with van der Waals surface area (Å²) >= 11 is 0. The van der Waals surface area contributed by atoms with Crippen LogP contribution in [0.15, 0.2) is 85.1 Å². The Bertz CT molecular complexity index is 1650. The summed E-state index contributed by atoms with van der Waals surface area (Å²) in [6.45, 7) is 6.74. The average Bonchev–Trinajstić information content (AvgIpc) is 3.24. The standard InChI is InChI=1S/C47H73NO17/c1-26-17-15-13-11-9-7-5-6-8-10-12-14-16-18-32(64-47-45(59)41(48)43(57)29(4)63-47)23-37-40(46(60)61)35(53)25-38(65-37)44(58)36(54)24-34(52)33(51)20-19-30(49)21-31(50)22-39(55)62-28(3)27(2)42(26)56/h5-18,26-38,40-45,47,49-54,56-59H,19-25,48H2,1-4H3,(H,60,61)/b6-5+,9-7+,10-8+,13-11+,14-12+,17-15+,18-16+/t26-,27-,28-,29+,30+,31+,32-,33+,34+,35-,36-,37-,38?,40+,41-,42+,43+,44+,45-,47+/m0/s1. The Kier molecular flexibility index (Phi) is 24.1. The van der Waals surface area contributed by atoms with Crippen LogP contribution in [0.5, 0.6) is 0 Å². The molecule has 18 heteroatoms. The van der Waals surface area contributed by atoms with Gasteiger partial charge in [-0.25, -0.2) is 0 Å². The quantitative estimate of drug-likeness (QED) is 0.170. The first-order valence-corrected chi connectivity index (χ1v) is 22.3. The highest BCUT2D eigenvalue weighted by atomic mass is 16.7. The maximum atomic E-state index is 12.6. The molecule has 3 aliphatic rings. The highest BCUT2D eigenvalue weighted by Gasteiger charge is 2.48. The van der Waals surface area contributed by atoms with Crippen LogP contribution in [0.1, 0.15) is 72.6 Å². The summed E-state index contributed by atoms with van der Waals surface area (Å²) < 4.78 is 23.3. The fourth-order valence-electron chi connectivity index (χ4n) is 7.86. The zero-order chi connectivity index (χ0) is 48.4. The number of aliphatic carboxylic acids is 1. The number of carboxylic acids is 1. The van der Waals surface area contributed by atoms with E-state index in [0.717, 1.165) is 0 Å². The fourth-order valence-corrected chi connectivity index (χ4v) is 7.86. The SMILES string of the molecule is C[C@@H]1[C@H](O)[C@@H](C)/C=C/C=C/C=C/C=C/C=C/C=C/C=C/[C@H](O[C@H]2O[C@H](C)[C@@H](O)[C@H](N)[C@@H]2O)C[C@@H]2OC(C[C@H](O)[C@H]2C(=O)O)[C@H](O)[C@@H](O)C[C@@H](O)[C@H](O)CC[C@@H](O)C[C@@H](O)CC(=O)O[C@H]1C. The van der Waals surface area contributed by atoms with Crippen molar-refractivity contribution in [3.63, 3.8) is 0 Å². The molecule has 368 valence electrons. The molecule has 0 radical (unpaired) electrons. The molecule has 0 aromatic heterocycles. The van der Waals surface area contributed by atoms with Crippen LogP contribution in [0.2, 0.25) is 0 Å². The van der Waals surface area contributed by atoms with Crippen molar-refractivity contribution in [2.24, 2.45) is 23.5 Å². The molecule has 0 saturated carbocycles. The minimum absolute atomic E-state index is 0.120. The zero-order valence-corrected chi connectivity index (χ0v) is 37.5. The molecular formula is C47H73NO17. The number of carbonyl (C=O) groups is 2. The van der Waals surface area contributed by atoms with E-state index in [2.05, 4.69) is 0 Å². The smallest absolute Gasteiger partial charge is 0.311 e. The number of cyclic esters (lactones) is 1. The van der Waals surface area contributed by atoms with Crippen molar-refractivity contribution in [1.82, 2.24) is 0 Å². The monoisotopic (exact) mass is 923 g/mol. The third-order valence-corrected chi connectivity index (χ3v) is 12.1. The molecule has 3 rings (SSSR count). The second-order valence-electron chi connectivity index (χ2n) is 17.4. The fraction of sp³-hybridized carbons (Fsp3) is 0.660. The van der Waals surface area contributed by atoms with Crippen molar-refractivity contribution in [1.29, 1.82) is 0 Å². The Labute approximate surface area is 381 Å². The van der Waals surface area contributed by atoms with E-state index in [9.17, 15) is 65.8 Å². The molecule has 2 saturated heterocycles. The van der Waals surface area contributed by atoms with E-state index in [-0.39, 0.29) is 31.6 Å². The molecule has 0 spiro atoms. The van der Waals surface area contributed by atoms with Gasteiger partial charge in [0, 0.05) is 31.1 Å². The summed E-state index contributed by atoms with van der Waals surface area (Å²) in [6.07, 6.45) is 1.16. The summed E-state index contributed by atoms with van der Waals surface area (Å²) in [7, 11) is 0. The van der Waals surface area contributed by atoms with Crippen molar-refractivity contribution < 1.29 is 84.7 Å². The Balaban J connectivity index is 1.86. The Morgan fingerprint density at radius 1 is 0.585 bits per heavy atom. The maximum Gasteiger partial charge on any atom is 0.311 e. The second-order valence-corrected chi connectivity index (χ2v) is 17.4. The lowest BCUT2D eigenvalue weighted by Crippen LogP contribution is -2.61. The topological polar surface area (TPSA) is 320 Å². The van der Waals surface area contributed by atoms with Gasteiger partial charge in [0.25, 0.3) is 0 Å². The molecule has 0 aliphatic carbocycles. The molecular weight excluding hydrogens is 851 g/mol. The van der Waals surface area contributed by atoms with E-state index in [1.54, 1.807) is 74.6 Å². The minimum atomic E-state index is -1.79. The molecule has 18 nitrogen and oxygen atoms in total. The van der Waals surface area contributed by atoms with Crippen LogP contribution in [0.3, 0.4) is 0 Å². The number of hydrogen-bond donors (Lipinski definition) is 12. The molecule has 0 aromatic carbocycles. The average molecular weight is 924 g/mol. The number of fused-ring (bicyclic) bond motifs is 2. The minimum Gasteiger partial charge on any atom is -0.481 e. The number of hydrogen-bond acceptors (Lipinski definition) is 17. The van der Waals surface area contributed by atoms with Crippen LogP contribution in [0.25, 0.3) is 0 Å². The van der Waals surface area contributed by atoms with Crippen LogP contribution in [-0.2, 0) is 28.5 Å². The van der Waals surface area contributed by atoms with Crippen LogP contribution in [-0.4, -0.2) is 172 Å². The van der Waals surface area contributed by atoms with Gasteiger partial charge in [0.2, 0.25) is 0 Å². The van der Waals surface area contributed by atoms with Gasteiger partial charge in [0.05, 0.1) is 85.7 Å². The van der Waals surface area contributed by atoms with Gasteiger partial charge in [-0.05, 0) is 33.1 Å². The van der Waals surface area contributed by atoms with Gasteiger partial charge in [-0.15, -0.1) is 0 Å². The van der Waals surface area contributed by atoms with Crippen LogP contribution in [0, 0.1) is 17.8 Å². The third-order valence-electron chi connectivity index (χ3n) is 12.1. The van der Waals surface area contributed by atoms with Crippen LogP contribution < -0.4 is 5.73 Å². The van der Waals surface area contributed by atoms with E-state index in [1.165, 1.54) is 13.0 Å². The first kappa shape index (κ1) is 55.9. The number of carboxylic acid groups (broad SMARTS) is 1. The molecule has 2 fully saturated rings. The Morgan fingerprint density at radius 3 is 1.74 bits per heavy atom. The number of rotatable bonds is 3. The predicted octanol–water partition coefficient (Wildman–Crippen LogP) is 0.363. The van der Waals surface area contributed by atoms with Gasteiger partial charge in [-0.1, -0.05) is 98.9 Å². The zero-order valence-electron chi connectivity index (χ0n) is 37.5. The second kappa shape index (κ2) is 28.0. The first-order valence-electron chi connectivity index (χ1n) is 22.3. The summed E-state index contributed by atoms with van der Waals surface area (Å²) in [4.78, 5) is 25.1. The highest BCUT2D eigenvalue weighted by molar-refractivity contribution is 5.71. The molecule has 3 heterocycles. The van der Waals surface area contributed by atoms with Gasteiger partial charge in [0.15, 0.2) is 6.29 Å². The number of nitrogens with two attached hydrogens (primary N) is 1. The van der Waals surface area contributed by atoms with Crippen molar-refractivity contribution in [3.05, 3.63) is 85.1 Å². The molecule has 3 aliphatic heterocycles. The molecule has 2 bridgehead atoms. The number of allylic oxidation sites excluding steroid dienone is 12. The number of esters is 1.